The second kappa shape index (κ2) is 2.81. The molecular weight excluding hydrogens is 256 g/mol. The van der Waals surface area contributed by atoms with E-state index in [4.69, 9.17) is 5.11 Å². The minimum absolute atomic E-state index is 0.243. The Kier molecular flexibility index (Phi) is 1.88. The third-order valence-corrected chi connectivity index (χ3v) is 3.44. The van der Waals surface area contributed by atoms with Crippen LogP contribution in [0.25, 0.3) is 4.96 Å². The Balaban J connectivity index is 2.85. The van der Waals surface area contributed by atoms with E-state index >= 15 is 0 Å². The molecule has 2 rings (SSSR count). The first-order valence-electron chi connectivity index (χ1n) is 3.46. The highest BCUT2D eigenvalue weighted by Crippen LogP contribution is 2.24. The summed E-state index contributed by atoms with van der Waals surface area (Å²) in [6.45, 7) is 1.83. The van der Waals surface area contributed by atoms with Crippen molar-refractivity contribution in [3.05, 3.63) is 21.4 Å². The molecule has 2 aromatic rings. The molecule has 0 spiro atoms. The van der Waals surface area contributed by atoms with Gasteiger partial charge in [-0.05, 0) is 22.9 Å². The molecule has 1 N–H and O–H groups in total. The van der Waals surface area contributed by atoms with E-state index in [1.807, 2.05) is 6.92 Å². The number of carboxylic acid groups (broad SMARTS) is 1. The van der Waals surface area contributed by atoms with E-state index in [2.05, 4.69) is 20.9 Å². The number of carboxylic acids is 1. The van der Waals surface area contributed by atoms with Gasteiger partial charge >= 0.3 is 5.97 Å². The summed E-state index contributed by atoms with van der Waals surface area (Å²) >= 11 is 4.61. The first kappa shape index (κ1) is 8.71. The Morgan fingerprint density at radius 3 is 3.08 bits per heavy atom. The fourth-order valence-electron chi connectivity index (χ4n) is 1.08. The lowest BCUT2D eigenvalue weighted by Crippen LogP contribution is -2.00. The predicted molar refractivity (Wildman–Crippen MR) is 52.5 cm³/mol. The molecular formula is C7H5BrN2O2S. The lowest BCUT2D eigenvalue weighted by atomic mass is 10.5. The lowest BCUT2D eigenvalue weighted by Gasteiger charge is -1.92. The fraction of sp³-hybridized carbons (Fsp3) is 0.143. The summed E-state index contributed by atoms with van der Waals surface area (Å²) in [5, 5.41) is 10.4. The topological polar surface area (TPSA) is 54.6 Å². The molecule has 68 valence electrons. The van der Waals surface area contributed by atoms with Crippen LogP contribution in [0.3, 0.4) is 0 Å². The van der Waals surface area contributed by atoms with Crippen molar-refractivity contribution >= 4 is 38.2 Å². The maximum atomic E-state index is 10.8. The zero-order valence-corrected chi connectivity index (χ0v) is 9.02. The zero-order chi connectivity index (χ0) is 9.59. The highest BCUT2D eigenvalue weighted by Gasteiger charge is 2.15. The Morgan fingerprint density at radius 1 is 1.77 bits per heavy atom. The van der Waals surface area contributed by atoms with E-state index in [1.54, 1.807) is 9.78 Å². The maximum absolute atomic E-state index is 10.8. The monoisotopic (exact) mass is 260 g/mol. The van der Waals surface area contributed by atoms with Crippen molar-refractivity contribution in [2.24, 2.45) is 0 Å². The zero-order valence-electron chi connectivity index (χ0n) is 6.61. The predicted octanol–water partition coefficient (Wildman–Crippen LogP) is 2.16. The van der Waals surface area contributed by atoms with Crippen molar-refractivity contribution in [3.63, 3.8) is 0 Å². The maximum Gasteiger partial charge on any atom is 0.353 e. The number of aromatic carboxylic acids is 1. The van der Waals surface area contributed by atoms with Crippen molar-refractivity contribution < 1.29 is 9.90 Å². The summed E-state index contributed by atoms with van der Waals surface area (Å²) in [4.78, 5) is 15.7. The van der Waals surface area contributed by atoms with Crippen LogP contribution >= 0.6 is 27.3 Å². The van der Waals surface area contributed by atoms with Crippen LogP contribution in [0.4, 0.5) is 0 Å². The molecule has 4 nitrogen and oxygen atoms in total. The van der Waals surface area contributed by atoms with Crippen LogP contribution in [0, 0.1) is 6.92 Å². The van der Waals surface area contributed by atoms with E-state index < -0.39 is 5.97 Å². The third kappa shape index (κ3) is 1.17. The van der Waals surface area contributed by atoms with Crippen molar-refractivity contribution in [1.82, 2.24) is 9.38 Å². The molecule has 0 bridgehead atoms. The van der Waals surface area contributed by atoms with Crippen molar-refractivity contribution in [2.75, 3.05) is 0 Å². The van der Waals surface area contributed by atoms with Crippen LogP contribution in [0.5, 0.6) is 0 Å². The van der Waals surface area contributed by atoms with Crippen LogP contribution in [-0.4, -0.2) is 20.5 Å². The molecule has 13 heavy (non-hydrogen) atoms. The number of nitrogens with zero attached hydrogens (tertiary/aromatic N) is 2. The highest BCUT2D eigenvalue weighted by molar-refractivity contribution is 9.10. The van der Waals surface area contributed by atoms with Crippen LogP contribution in [-0.2, 0) is 0 Å². The summed E-state index contributed by atoms with van der Waals surface area (Å²) < 4.78 is 2.30. The normalized spacial score (nSPS) is 10.9. The average molecular weight is 261 g/mol. The summed E-state index contributed by atoms with van der Waals surface area (Å²) in [6, 6.07) is 0. The number of aryl methyl sites for hydroxylation is 1. The molecule has 0 saturated carbocycles. The molecule has 0 radical (unpaired) electrons. The number of hydrogen-bond acceptors (Lipinski definition) is 3. The summed E-state index contributed by atoms with van der Waals surface area (Å²) in [5.74, 6) is -0.940. The largest absolute Gasteiger partial charge is 0.477 e. The standard InChI is InChI=1S/C7H5BrN2O2S/c1-3-5(8)10-4(6(11)12)2-13-7(10)9-3/h2H,1H3,(H,11,12). The molecule has 0 atom stereocenters. The second-order valence-corrected chi connectivity index (χ2v) is 4.12. The molecule has 0 saturated heterocycles. The number of imidazole rings is 1. The Hall–Kier alpha value is -0.880. The number of thiazole rings is 1. The second-order valence-electron chi connectivity index (χ2n) is 2.53. The van der Waals surface area contributed by atoms with Gasteiger partial charge in [0.2, 0.25) is 0 Å². The summed E-state index contributed by atoms with van der Waals surface area (Å²) in [5.41, 5.74) is 1.04. The SMILES string of the molecule is Cc1nc2scc(C(=O)O)n2c1Br. The van der Waals surface area contributed by atoms with Gasteiger partial charge in [-0.2, -0.15) is 0 Å². The van der Waals surface area contributed by atoms with Gasteiger partial charge in [-0.15, -0.1) is 11.3 Å². The van der Waals surface area contributed by atoms with Gasteiger partial charge < -0.3 is 5.11 Å². The number of hydrogen-bond donors (Lipinski definition) is 1. The smallest absolute Gasteiger partial charge is 0.353 e. The van der Waals surface area contributed by atoms with Crippen LogP contribution in [0.1, 0.15) is 16.2 Å². The number of carbonyl (C=O) groups is 1. The summed E-state index contributed by atoms with van der Waals surface area (Å²) in [7, 11) is 0. The Bertz CT molecular complexity index is 488. The van der Waals surface area contributed by atoms with Crippen LogP contribution in [0.15, 0.2) is 9.98 Å². The molecule has 0 aliphatic heterocycles. The quantitative estimate of drug-likeness (QED) is 0.855. The van der Waals surface area contributed by atoms with E-state index in [-0.39, 0.29) is 5.69 Å². The highest BCUT2D eigenvalue weighted by atomic mass is 79.9. The molecule has 2 heterocycles. The van der Waals surface area contributed by atoms with Gasteiger partial charge in [-0.1, -0.05) is 0 Å². The fourth-order valence-corrected chi connectivity index (χ4v) is 2.55. The number of rotatable bonds is 1. The Morgan fingerprint density at radius 2 is 2.46 bits per heavy atom. The van der Waals surface area contributed by atoms with Gasteiger partial charge in [0, 0.05) is 5.38 Å². The van der Waals surface area contributed by atoms with Crippen LogP contribution in [0.2, 0.25) is 0 Å². The molecule has 0 aliphatic carbocycles. The first-order chi connectivity index (χ1) is 6.11. The van der Waals surface area contributed by atoms with E-state index in [9.17, 15) is 4.79 Å². The van der Waals surface area contributed by atoms with Crippen LogP contribution < -0.4 is 0 Å². The molecule has 0 aromatic carbocycles. The lowest BCUT2D eigenvalue weighted by molar-refractivity contribution is 0.0689. The van der Waals surface area contributed by atoms with Crippen molar-refractivity contribution in [1.29, 1.82) is 0 Å². The number of fused-ring (bicyclic) bond motifs is 1. The third-order valence-electron chi connectivity index (χ3n) is 1.69. The summed E-state index contributed by atoms with van der Waals surface area (Å²) in [6.07, 6.45) is 0. The molecule has 2 aromatic heterocycles. The van der Waals surface area contributed by atoms with Gasteiger partial charge in [-0.3, -0.25) is 4.40 Å². The van der Waals surface area contributed by atoms with Gasteiger partial charge in [0.15, 0.2) is 4.96 Å². The van der Waals surface area contributed by atoms with Crippen molar-refractivity contribution in [3.8, 4) is 0 Å². The van der Waals surface area contributed by atoms with E-state index in [0.29, 0.717) is 9.56 Å². The first-order valence-corrected chi connectivity index (χ1v) is 5.14. The Labute approximate surface area is 86.0 Å². The molecule has 0 aliphatic rings. The van der Waals surface area contributed by atoms with Gasteiger partial charge in [-0.25, -0.2) is 9.78 Å². The molecule has 0 amide bonds. The molecule has 0 fully saturated rings. The van der Waals surface area contributed by atoms with Gasteiger partial charge in [0.05, 0.1) is 5.69 Å². The van der Waals surface area contributed by atoms with Gasteiger partial charge in [0.1, 0.15) is 10.3 Å². The minimum atomic E-state index is -0.940. The van der Waals surface area contributed by atoms with E-state index in [1.165, 1.54) is 11.3 Å². The molecule has 0 unspecified atom stereocenters. The number of aromatic nitrogens is 2. The van der Waals surface area contributed by atoms with Crippen molar-refractivity contribution in [2.45, 2.75) is 6.92 Å². The number of halogens is 1. The van der Waals surface area contributed by atoms with E-state index in [0.717, 1.165) is 5.69 Å². The minimum Gasteiger partial charge on any atom is -0.477 e. The molecule has 6 heteroatoms. The average Bonchev–Trinajstić information content (AvgIpc) is 2.55. The van der Waals surface area contributed by atoms with Gasteiger partial charge in [0.25, 0.3) is 0 Å².